The third kappa shape index (κ3) is 1.36. The minimum atomic E-state index is -0.495. The van der Waals surface area contributed by atoms with Gasteiger partial charge in [-0.05, 0) is 35.6 Å². The van der Waals surface area contributed by atoms with Crippen LogP contribution in [0.4, 0.5) is 0 Å². The van der Waals surface area contributed by atoms with E-state index in [1.165, 1.54) is 5.56 Å². The molecule has 1 aliphatic rings. The summed E-state index contributed by atoms with van der Waals surface area (Å²) in [6.45, 7) is 0. The second-order valence-electron chi connectivity index (χ2n) is 4.42. The lowest BCUT2D eigenvalue weighted by Gasteiger charge is -2.22. The molecule has 0 aliphatic heterocycles. The number of benzene rings is 1. The van der Waals surface area contributed by atoms with E-state index in [1.54, 1.807) is 6.20 Å². The molecule has 0 spiro atoms. The SMILES string of the molecule is N#CC1(c2cccnc2)CCc2ccccc21. The van der Waals surface area contributed by atoms with Crippen molar-refractivity contribution in [3.63, 3.8) is 0 Å². The van der Waals surface area contributed by atoms with Crippen molar-refractivity contribution < 1.29 is 0 Å². The summed E-state index contributed by atoms with van der Waals surface area (Å²) < 4.78 is 0. The standard InChI is InChI=1S/C15H12N2/c16-11-15(13-5-3-9-17-10-13)8-7-12-4-1-2-6-14(12)15/h1-6,9-10H,7-8H2. The van der Waals surface area contributed by atoms with Crippen molar-refractivity contribution in [3.05, 3.63) is 65.5 Å². The molecule has 2 heteroatoms. The lowest BCUT2D eigenvalue weighted by atomic mass is 9.78. The van der Waals surface area contributed by atoms with Gasteiger partial charge in [-0.1, -0.05) is 30.3 Å². The molecular formula is C15H12N2. The highest BCUT2D eigenvalue weighted by Gasteiger charge is 2.40. The van der Waals surface area contributed by atoms with Crippen molar-refractivity contribution in [1.29, 1.82) is 5.26 Å². The van der Waals surface area contributed by atoms with Gasteiger partial charge in [0.25, 0.3) is 0 Å². The first-order valence-corrected chi connectivity index (χ1v) is 5.77. The zero-order valence-electron chi connectivity index (χ0n) is 9.43. The molecule has 1 aliphatic carbocycles. The summed E-state index contributed by atoms with van der Waals surface area (Å²) in [5.41, 5.74) is 2.95. The maximum atomic E-state index is 9.64. The molecule has 0 radical (unpaired) electrons. The first-order valence-electron chi connectivity index (χ1n) is 5.77. The first kappa shape index (κ1) is 10.0. The molecule has 3 rings (SSSR count). The van der Waals surface area contributed by atoms with E-state index in [2.05, 4.69) is 23.2 Å². The normalized spacial score (nSPS) is 21.8. The Morgan fingerprint density at radius 1 is 1.18 bits per heavy atom. The van der Waals surface area contributed by atoms with Gasteiger partial charge in [-0.3, -0.25) is 4.98 Å². The number of pyridine rings is 1. The number of rotatable bonds is 1. The molecule has 1 aromatic carbocycles. The van der Waals surface area contributed by atoms with Crippen LogP contribution in [0, 0.1) is 11.3 Å². The summed E-state index contributed by atoms with van der Waals surface area (Å²) in [4.78, 5) is 4.14. The molecule has 1 heterocycles. The Balaban J connectivity index is 2.23. The van der Waals surface area contributed by atoms with Crippen LogP contribution in [0.1, 0.15) is 23.1 Å². The van der Waals surface area contributed by atoms with Crippen LogP contribution in [0.3, 0.4) is 0 Å². The van der Waals surface area contributed by atoms with Crippen LogP contribution in [0.5, 0.6) is 0 Å². The van der Waals surface area contributed by atoms with Crippen LogP contribution in [-0.2, 0) is 11.8 Å². The van der Waals surface area contributed by atoms with Gasteiger partial charge in [0.2, 0.25) is 0 Å². The quantitative estimate of drug-likeness (QED) is 0.741. The van der Waals surface area contributed by atoms with Crippen LogP contribution in [-0.4, -0.2) is 4.98 Å². The third-order valence-electron chi connectivity index (χ3n) is 3.59. The molecule has 2 nitrogen and oxygen atoms in total. The zero-order valence-corrected chi connectivity index (χ0v) is 9.43. The Labute approximate surface area is 101 Å². The topological polar surface area (TPSA) is 36.7 Å². The fourth-order valence-electron chi connectivity index (χ4n) is 2.71. The van der Waals surface area contributed by atoms with Crippen molar-refractivity contribution in [1.82, 2.24) is 4.98 Å². The Morgan fingerprint density at radius 2 is 2.06 bits per heavy atom. The lowest BCUT2D eigenvalue weighted by molar-refractivity contribution is 0.645. The second kappa shape index (κ2) is 3.71. The van der Waals surface area contributed by atoms with Gasteiger partial charge in [-0.2, -0.15) is 5.26 Å². The molecule has 0 saturated carbocycles. The van der Waals surface area contributed by atoms with E-state index < -0.39 is 5.41 Å². The van der Waals surface area contributed by atoms with Gasteiger partial charge in [-0.15, -0.1) is 0 Å². The van der Waals surface area contributed by atoms with Gasteiger partial charge in [0.15, 0.2) is 0 Å². The molecule has 1 aromatic heterocycles. The van der Waals surface area contributed by atoms with Crippen molar-refractivity contribution in [2.24, 2.45) is 0 Å². The molecule has 0 saturated heterocycles. The molecular weight excluding hydrogens is 208 g/mol. The minimum absolute atomic E-state index is 0.495. The Hall–Kier alpha value is -2.14. The van der Waals surface area contributed by atoms with E-state index in [1.807, 2.05) is 30.5 Å². The maximum absolute atomic E-state index is 9.64. The van der Waals surface area contributed by atoms with Gasteiger partial charge < -0.3 is 0 Å². The monoisotopic (exact) mass is 220 g/mol. The lowest BCUT2D eigenvalue weighted by Crippen LogP contribution is -2.22. The van der Waals surface area contributed by atoms with E-state index in [0.29, 0.717) is 0 Å². The first-order chi connectivity index (χ1) is 8.37. The smallest absolute Gasteiger partial charge is 0.109 e. The van der Waals surface area contributed by atoms with E-state index in [0.717, 1.165) is 24.0 Å². The fraction of sp³-hybridized carbons (Fsp3) is 0.200. The Morgan fingerprint density at radius 3 is 2.82 bits per heavy atom. The van der Waals surface area contributed by atoms with Gasteiger partial charge >= 0.3 is 0 Å². The predicted molar refractivity (Wildman–Crippen MR) is 65.4 cm³/mol. The number of aromatic nitrogens is 1. The van der Waals surface area contributed by atoms with E-state index in [4.69, 9.17) is 0 Å². The molecule has 0 N–H and O–H groups in total. The van der Waals surface area contributed by atoms with Gasteiger partial charge in [0.1, 0.15) is 5.41 Å². The maximum Gasteiger partial charge on any atom is 0.109 e. The van der Waals surface area contributed by atoms with E-state index in [9.17, 15) is 5.26 Å². The summed E-state index contributed by atoms with van der Waals surface area (Å²) in [5, 5.41) is 9.64. The second-order valence-corrected chi connectivity index (χ2v) is 4.42. The molecule has 1 unspecified atom stereocenters. The minimum Gasteiger partial charge on any atom is -0.264 e. The highest BCUT2D eigenvalue weighted by atomic mass is 14.6. The third-order valence-corrected chi connectivity index (χ3v) is 3.59. The van der Waals surface area contributed by atoms with Gasteiger partial charge in [0, 0.05) is 12.4 Å². The summed E-state index contributed by atoms with van der Waals surface area (Å²) in [6, 6.07) is 14.6. The fourth-order valence-corrected chi connectivity index (χ4v) is 2.71. The molecule has 0 bridgehead atoms. The van der Waals surface area contributed by atoms with Crippen molar-refractivity contribution >= 4 is 0 Å². The van der Waals surface area contributed by atoms with Crippen LogP contribution in [0.2, 0.25) is 0 Å². The van der Waals surface area contributed by atoms with Gasteiger partial charge in [0.05, 0.1) is 6.07 Å². The largest absolute Gasteiger partial charge is 0.264 e. The Kier molecular flexibility index (Phi) is 2.19. The molecule has 17 heavy (non-hydrogen) atoms. The van der Waals surface area contributed by atoms with Gasteiger partial charge in [-0.25, -0.2) is 0 Å². The van der Waals surface area contributed by atoms with Crippen LogP contribution < -0.4 is 0 Å². The summed E-state index contributed by atoms with van der Waals surface area (Å²) >= 11 is 0. The van der Waals surface area contributed by atoms with Crippen LogP contribution >= 0.6 is 0 Å². The average Bonchev–Trinajstić information content (AvgIpc) is 2.80. The summed E-state index contributed by atoms with van der Waals surface area (Å²) in [5.74, 6) is 0. The molecule has 82 valence electrons. The van der Waals surface area contributed by atoms with Crippen molar-refractivity contribution in [2.45, 2.75) is 18.3 Å². The van der Waals surface area contributed by atoms with E-state index >= 15 is 0 Å². The highest BCUT2D eigenvalue weighted by molar-refractivity contribution is 5.52. The summed E-state index contributed by atoms with van der Waals surface area (Å²) in [6.07, 6.45) is 5.38. The number of fused-ring (bicyclic) bond motifs is 1. The van der Waals surface area contributed by atoms with Crippen molar-refractivity contribution in [2.75, 3.05) is 0 Å². The number of aryl methyl sites for hydroxylation is 1. The zero-order chi connectivity index (χ0) is 11.7. The average molecular weight is 220 g/mol. The molecule has 2 aromatic rings. The highest BCUT2D eigenvalue weighted by Crippen LogP contribution is 2.43. The van der Waals surface area contributed by atoms with E-state index in [-0.39, 0.29) is 0 Å². The number of hydrogen-bond donors (Lipinski definition) is 0. The van der Waals surface area contributed by atoms with Crippen molar-refractivity contribution in [3.8, 4) is 6.07 Å². The summed E-state index contributed by atoms with van der Waals surface area (Å²) in [7, 11) is 0. The number of nitriles is 1. The van der Waals surface area contributed by atoms with Crippen LogP contribution in [0.15, 0.2) is 48.8 Å². The molecule has 0 fully saturated rings. The number of nitrogens with zero attached hydrogens (tertiary/aromatic N) is 2. The Bertz CT molecular complexity index is 583. The molecule has 0 amide bonds. The van der Waals surface area contributed by atoms with Crippen LogP contribution in [0.25, 0.3) is 0 Å². The molecule has 1 atom stereocenters. The number of hydrogen-bond acceptors (Lipinski definition) is 2. The predicted octanol–water partition coefficient (Wildman–Crippen LogP) is 2.84.